The fraction of sp³-hybridized carbons (Fsp3) is 0.312. The normalized spacial score (nSPS) is 14.5. The zero-order chi connectivity index (χ0) is 26.3. The molecule has 0 radical (unpaired) electrons. The average molecular weight is 509 g/mol. The first-order chi connectivity index (χ1) is 18.6. The Morgan fingerprint density at radius 3 is 2.50 bits per heavy atom. The van der Waals surface area contributed by atoms with E-state index in [1.807, 2.05) is 80.8 Å². The lowest BCUT2D eigenvalue weighted by molar-refractivity contribution is 0.0785. The highest BCUT2D eigenvalue weighted by atomic mass is 16.5. The molecular formula is C32H36N4O2. The lowest BCUT2D eigenvalue weighted by atomic mass is 9.91. The van der Waals surface area contributed by atoms with E-state index in [-0.39, 0.29) is 5.91 Å². The Morgan fingerprint density at radius 2 is 1.71 bits per heavy atom. The molecule has 0 bridgehead atoms. The number of pyridine rings is 1. The SMILES string of the molecule is CNCCN1CCC(c2cc(CN(C)C(=O)c3cccc(Oc4ccccc4)c3)c3ccccc3n2)CC1. The van der Waals surface area contributed by atoms with Crippen molar-refractivity contribution in [3.8, 4) is 11.5 Å². The summed E-state index contributed by atoms with van der Waals surface area (Å²) in [5.41, 5.74) is 3.88. The molecule has 6 nitrogen and oxygen atoms in total. The molecule has 196 valence electrons. The van der Waals surface area contributed by atoms with Gasteiger partial charge < -0.3 is 19.9 Å². The summed E-state index contributed by atoms with van der Waals surface area (Å²) in [6.45, 7) is 4.81. The van der Waals surface area contributed by atoms with Gasteiger partial charge in [0.05, 0.1) is 5.52 Å². The van der Waals surface area contributed by atoms with Crippen molar-refractivity contribution < 1.29 is 9.53 Å². The smallest absolute Gasteiger partial charge is 0.254 e. The van der Waals surface area contributed by atoms with Crippen molar-refractivity contribution in [2.45, 2.75) is 25.3 Å². The van der Waals surface area contributed by atoms with Gasteiger partial charge in [-0.25, -0.2) is 0 Å². The zero-order valence-corrected chi connectivity index (χ0v) is 22.3. The number of rotatable bonds is 9. The van der Waals surface area contributed by atoms with Gasteiger partial charge in [-0.05, 0) is 81.0 Å². The molecule has 38 heavy (non-hydrogen) atoms. The third-order valence-corrected chi connectivity index (χ3v) is 7.32. The summed E-state index contributed by atoms with van der Waals surface area (Å²) in [6, 6.07) is 27.5. The van der Waals surface area contributed by atoms with E-state index >= 15 is 0 Å². The topological polar surface area (TPSA) is 57.7 Å². The Kier molecular flexibility index (Phi) is 8.31. The summed E-state index contributed by atoms with van der Waals surface area (Å²) in [7, 11) is 3.87. The number of nitrogens with one attached hydrogen (secondary N) is 1. The number of likely N-dealkylation sites (tertiary alicyclic amines) is 1. The Labute approximate surface area is 225 Å². The number of ether oxygens (including phenoxy) is 1. The highest BCUT2D eigenvalue weighted by Crippen LogP contribution is 2.30. The van der Waals surface area contributed by atoms with E-state index in [0.717, 1.165) is 66.9 Å². The largest absolute Gasteiger partial charge is 0.457 e. The van der Waals surface area contributed by atoms with E-state index < -0.39 is 0 Å². The van der Waals surface area contributed by atoms with Crippen molar-refractivity contribution in [3.63, 3.8) is 0 Å². The van der Waals surface area contributed by atoms with Crippen LogP contribution in [0.1, 0.15) is 40.4 Å². The van der Waals surface area contributed by atoms with Crippen LogP contribution in [0.15, 0.2) is 84.9 Å². The van der Waals surface area contributed by atoms with Crippen molar-refractivity contribution in [1.29, 1.82) is 0 Å². The molecule has 0 unspecified atom stereocenters. The summed E-state index contributed by atoms with van der Waals surface area (Å²) in [5, 5.41) is 4.35. The predicted octanol–water partition coefficient (Wildman–Crippen LogP) is 5.70. The molecule has 1 N–H and O–H groups in total. The number of benzene rings is 3. The number of likely N-dealkylation sites (N-methyl/N-ethyl adjacent to an activating group) is 1. The van der Waals surface area contributed by atoms with E-state index in [1.54, 1.807) is 4.90 Å². The minimum Gasteiger partial charge on any atom is -0.457 e. The highest BCUT2D eigenvalue weighted by molar-refractivity contribution is 5.94. The maximum absolute atomic E-state index is 13.4. The van der Waals surface area contributed by atoms with Crippen LogP contribution in [0.5, 0.6) is 11.5 Å². The quantitative estimate of drug-likeness (QED) is 0.314. The minimum atomic E-state index is -0.0382. The van der Waals surface area contributed by atoms with Crippen LogP contribution in [0.25, 0.3) is 10.9 Å². The molecule has 0 saturated carbocycles. The molecule has 1 fully saturated rings. The highest BCUT2D eigenvalue weighted by Gasteiger charge is 2.23. The Hall–Kier alpha value is -3.74. The molecule has 1 amide bonds. The minimum absolute atomic E-state index is 0.0382. The van der Waals surface area contributed by atoms with Gasteiger partial charge >= 0.3 is 0 Å². The molecule has 1 saturated heterocycles. The maximum Gasteiger partial charge on any atom is 0.254 e. The van der Waals surface area contributed by atoms with Gasteiger partial charge in [-0.3, -0.25) is 9.78 Å². The summed E-state index contributed by atoms with van der Waals surface area (Å²) >= 11 is 0. The first-order valence-electron chi connectivity index (χ1n) is 13.4. The predicted molar refractivity (Wildman–Crippen MR) is 153 cm³/mol. The summed E-state index contributed by atoms with van der Waals surface area (Å²) in [4.78, 5) is 22.8. The van der Waals surface area contributed by atoms with Gasteiger partial charge in [0.1, 0.15) is 11.5 Å². The third-order valence-electron chi connectivity index (χ3n) is 7.32. The number of hydrogen-bond donors (Lipinski definition) is 1. The number of carbonyl (C=O) groups excluding carboxylic acids is 1. The molecule has 1 aromatic heterocycles. The average Bonchev–Trinajstić information content (AvgIpc) is 2.96. The molecule has 1 aliphatic rings. The van der Waals surface area contributed by atoms with Crippen molar-refractivity contribution in [2.24, 2.45) is 0 Å². The molecule has 0 atom stereocenters. The van der Waals surface area contributed by atoms with E-state index in [0.29, 0.717) is 23.8 Å². The second kappa shape index (κ2) is 12.2. The third kappa shape index (κ3) is 6.21. The summed E-state index contributed by atoms with van der Waals surface area (Å²) in [5.74, 6) is 1.79. The van der Waals surface area contributed by atoms with E-state index in [4.69, 9.17) is 9.72 Å². The number of nitrogens with zero attached hydrogens (tertiary/aromatic N) is 3. The monoisotopic (exact) mass is 508 g/mol. The molecule has 0 aliphatic carbocycles. The first-order valence-corrected chi connectivity index (χ1v) is 13.4. The van der Waals surface area contributed by atoms with Gasteiger partial charge in [0, 0.05) is 49.2 Å². The summed E-state index contributed by atoms with van der Waals surface area (Å²) < 4.78 is 5.95. The van der Waals surface area contributed by atoms with Gasteiger partial charge in [0.25, 0.3) is 5.91 Å². The lowest BCUT2D eigenvalue weighted by Crippen LogP contribution is -2.37. The van der Waals surface area contributed by atoms with Crippen LogP contribution in [-0.4, -0.2) is 61.0 Å². The molecule has 5 rings (SSSR count). The van der Waals surface area contributed by atoms with Gasteiger partial charge in [-0.1, -0.05) is 42.5 Å². The van der Waals surface area contributed by atoms with Crippen LogP contribution in [0, 0.1) is 0 Å². The second-order valence-corrected chi connectivity index (χ2v) is 10.0. The van der Waals surface area contributed by atoms with Crippen LogP contribution in [-0.2, 0) is 6.54 Å². The number of piperidine rings is 1. The van der Waals surface area contributed by atoms with Crippen LogP contribution in [0.4, 0.5) is 0 Å². The van der Waals surface area contributed by atoms with Crippen LogP contribution in [0.3, 0.4) is 0 Å². The van der Waals surface area contributed by atoms with Gasteiger partial charge in [0.2, 0.25) is 0 Å². The van der Waals surface area contributed by atoms with Crippen molar-refractivity contribution >= 4 is 16.8 Å². The molecule has 2 heterocycles. The van der Waals surface area contributed by atoms with Crippen LogP contribution < -0.4 is 10.1 Å². The standard InChI is InChI=1S/C32H36N4O2/c1-33-17-20-36-18-15-24(16-19-36)31-22-26(29-13-6-7-14-30(29)34-31)23-35(2)32(37)25-9-8-12-28(21-25)38-27-10-4-3-5-11-27/h3-14,21-22,24,33H,15-20,23H2,1-2H3. The summed E-state index contributed by atoms with van der Waals surface area (Å²) in [6.07, 6.45) is 2.22. The molecule has 6 heteroatoms. The molecule has 1 aliphatic heterocycles. The van der Waals surface area contributed by atoms with Gasteiger partial charge in [0.15, 0.2) is 0 Å². The first kappa shape index (κ1) is 25.9. The number of amides is 1. The lowest BCUT2D eigenvalue weighted by Gasteiger charge is -2.32. The fourth-order valence-corrected chi connectivity index (χ4v) is 5.20. The van der Waals surface area contributed by atoms with Crippen molar-refractivity contribution in [2.75, 3.05) is 40.3 Å². The zero-order valence-electron chi connectivity index (χ0n) is 22.3. The Bertz CT molecular complexity index is 1370. The van der Waals surface area contributed by atoms with E-state index in [2.05, 4.69) is 28.4 Å². The Morgan fingerprint density at radius 1 is 0.974 bits per heavy atom. The number of hydrogen-bond acceptors (Lipinski definition) is 5. The van der Waals surface area contributed by atoms with Crippen LogP contribution >= 0.6 is 0 Å². The number of fused-ring (bicyclic) bond motifs is 1. The Balaban J connectivity index is 1.33. The van der Waals surface area contributed by atoms with E-state index in [1.165, 1.54) is 0 Å². The molecule has 4 aromatic rings. The molecule has 3 aromatic carbocycles. The number of para-hydroxylation sites is 2. The fourth-order valence-electron chi connectivity index (χ4n) is 5.20. The van der Waals surface area contributed by atoms with Gasteiger partial charge in [-0.15, -0.1) is 0 Å². The maximum atomic E-state index is 13.4. The van der Waals surface area contributed by atoms with Gasteiger partial charge in [-0.2, -0.15) is 0 Å². The number of carbonyl (C=O) groups is 1. The molecule has 0 spiro atoms. The van der Waals surface area contributed by atoms with Crippen LogP contribution in [0.2, 0.25) is 0 Å². The second-order valence-electron chi connectivity index (χ2n) is 10.0. The van der Waals surface area contributed by atoms with Crippen molar-refractivity contribution in [1.82, 2.24) is 20.1 Å². The molecular weight excluding hydrogens is 472 g/mol. The number of aromatic nitrogens is 1. The van der Waals surface area contributed by atoms with Crippen molar-refractivity contribution in [3.05, 3.63) is 102 Å². The van der Waals surface area contributed by atoms with E-state index in [9.17, 15) is 4.79 Å².